The van der Waals surface area contributed by atoms with Crippen molar-refractivity contribution in [2.24, 2.45) is 0 Å². The Morgan fingerprint density at radius 2 is 2.12 bits per heavy atom. The summed E-state index contributed by atoms with van der Waals surface area (Å²) in [4.78, 5) is 18.1. The molecule has 3 rings (SSSR count). The predicted octanol–water partition coefficient (Wildman–Crippen LogP) is 2.77. The highest BCUT2D eigenvalue weighted by atomic mass is 19.4. The van der Waals surface area contributed by atoms with Gasteiger partial charge in [-0.05, 0) is 23.8 Å². The average molecular weight is 365 g/mol. The van der Waals surface area contributed by atoms with Gasteiger partial charge < -0.3 is 15.4 Å². The highest BCUT2D eigenvalue weighted by molar-refractivity contribution is 5.94. The smallest absolute Gasteiger partial charge is 0.384 e. The Morgan fingerprint density at radius 3 is 2.85 bits per heavy atom. The Morgan fingerprint density at radius 1 is 1.31 bits per heavy atom. The van der Waals surface area contributed by atoms with Crippen LogP contribution in [0, 0.1) is 0 Å². The van der Waals surface area contributed by atoms with Crippen LogP contribution in [0.4, 0.5) is 19.0 Å². The summed E-state index contributed by atoms with van der Waals surface area (Å²) in [7, 11) is 0. The fourth-order valence-electron chi connectivity index (χ4n) is 2.93. The number of hydrogen-bond donors (Lipinski definition) is 1. The molecule has 0 bridgehead atoms. The van der Waals surface area contributed by atoms with Crippen LogP contribution in [-0.4, -0.2) is 41.6 Å². The standard InChI is InChI=1S/C18H18F3N3O2/c19-18(20,21)14-3-1-2-12(8-14)9-15-11-24(6-7-26-15)17(25)13-4-5-23-16(22)10-13/h1-5,8,10,15H,6-7,9,11H2,(H2,22,23)/t15-/m0/s1. The molecule has 0 radical (unpaired) electrons. The van der Waals surface area contributed by atoms with Crippen LogP contribution in [0.15, 0.2) is 42.6 Å². The minimum absolute atomic E-state index is 0.198. The van der Waals surface area contributed by atoms with E-state index >= 15 is 0 Å². The zero-order chi connectivity index (χ0) is 18.7. The third-order valence-electron chi connectivity index (χ3n) is 4.17. The van der Waals surface area contributed by atoms with Gasteiger partial charge in [0.1, 0.15) is 5.82 Å². The third-order valence-corrected chi connectivity index (χ3v) is 4.17. The number of hydrogen-bond acceptors (Lipinski definition) is 4. The predicted molar refractivity (Wildman–Crippen MR) is 89.4 cm³/mol. The van der Waals surface area contributed by atoms with Crippen LogP contribution in [0.1, 0.15) is 21.5 Å². The molecule has 0 spiro atoms. The first-order valence-electron chi connectivity index (χ1n) is 8.11. The number of carbonyl (C=O) groups is 1. The molecule has 1 aromatic heterocycles. The van der Waals surface area contributed by atoms with Gasteiger partial charge in [0, 0.05) is 31.3 Å². The SMILES string of the molecule is Nc1cc(C(=O)N2CCO[C@@H](Cc3cccc(C(F)(F)F)c3)C2)ccn1. The van der Waals surface area contributed by atoms with Crippen molar-refractivity contribution < 1.29 is 22.7 Å². The number of benzene rings is 1. The lowest BCUT2D eigenvalue weighted by Gasteiger charge is -2.33. The first-order chi connectivity index (χ1) is 12.3. The number of morpholine rings is 1. The number of aromatic nitrogens is 1. The van der Waals surface area contributed by atoms with E-state index in [9.17, 15) is 18.0 Å². The Bertz CT molecular complexity index is 795. The van der Waals surface area contributed by atoms with E-state index in [1.165, 1.54) is 18.3 Å². The summed E-state index contributed by atoms with van der Waals surface area (Å²) in [5, 5.41) is 0. The van der Waals surface area contributed by atoms with Gasteiger partial charge in [-0.25, -0.2) is 4.98 Å². The number of nitrogen functional groups attached to an aromatic ring is 1. The highest BCUT2D eigenvalue weighted by Gasteiger charge is 2.31. The van der Waals surface area contributed by atoms with Crippen molar-refractivity contribution in [2.75, 3.05) is 25.4 Å². The second-order valence-electron chi connectivity index (χ2n) is 6.12. The van der Waals surface area contributed by atoms with Gasteiger partial charge in [0.25, 0.3) is 5.91 Å². The molecule has 1 atom stereocenters. The summed E-state index contributed by atoms with van der Waals surface area (Å²) in [6.07, 6.45) is -2.99. The molecule has 1 amide bonds. The maximum Gasteiger partial charge on any atom is 0.416 e. The topological polar surface area (TPSA) is 68.5 Å². The van der Waals surface area contributed by atoms with Crippen molar-refractivity contribution in [3.05, 3.63) is 59.3 Å². The van der Waals surface area contributed by atoms with Crippen molar-refractivity contribution in [2.45, 2.75) is 18.7 Å². The Balaban J connectivity index is 1.68. The van der Waals surface area contributed by atoms with E-state index in [1.807, 2.05) is 0 Å². The van der Waals surface area contributed by atoms with Crippen molar-refractivity contribution in [1.29, 1.82) is 0 Å². The minimum Gasteiger partial charge on any atom is -0.384 e. The quantitative estimate of drug-likeness (QED) is 0.908. The van der Waals surface area contributed by atoms with E-state index < -0.39 is 11.7 Å². The zero-order valence-corrected chi connectivity index (χ0v) is 13.9. The van der Waals surface area contributed by atoms with E-state index in [0.717, 1.165) is 12.1 Å². The number of pyridine rings is 1. The fraction of sp³-hybridized carbons (Fsp3) is 0.333. The maximum absolute atomic E-state index is 12.8. The number of carbonyl (C=O) groups excluding carboxylic acids is 1. The van der Waals surface area contributed by atoms with Crippen molar-refractivity contribution in [3.8, 4) is 0 Å². The Kier molecular flexibility index (Phi) is 5.13. The van der Waals surface area contributed by atoms with Gasteiger partial charge in [-0.1, -0.05) is 18.2 Å². The molecule has 1 aliphatic rings. The second kappa shape index (κ2) is 7.33. The number of amides is 1. The van der Waals surface area contributed by atoms with Gasteiger partial charge in [-0.3, -0.25) is 4.79 Å². The van der Waals surface area contributed by atoms with Crippen molar-refractivity contribution >= 4 is 11.7 Å². The lowest BCUT2D eigenvalue weighted by atomic mass is 10.0. The first-order valence-corrected chi connectivity index (χ1v) is 8.11. The van der Waals surface area contributed by atoms with Crippen LogP contribution in [0.3, 0.4) is 0 Å². The zero-order valence-electron chi connectivity index (χ0n) is 13.9. The van der Waals surface area contributed by atoms with Crippen LogP contribution in [0.5, 0.6) is 0 Å². The van der Waals surface area contributed by atoms with E-state index in [1.54, 1.807) is 17.0 Å². The molecule has 5 nitrogen and oxygen atoms in total. The first kappa shape index (κ1) is 18.2. The molecular weight excluding hydrogens is 347 g/mol. The lowest BCUT2D eigenvalue weighted by molar-refractivity contribution is -0.137. The maximum atomic E-state index is 12.8. The van der Waals surface area contributed by atoms with Gasteiger partial charge >= 0.3 is 6.18 Å². The third kappa shape index (κ3) is 4.32. The van der Waals surface area contributed by atoms with Crippen molar-refractivity contribution in [1.82, 2.24) is 9.88 Å². The number of rotatable bonds is 3. The molecule has 1 fully saturated rings. The van der Waals surface area contributed by atoms with Gasteiger partial charge in [0.05, 0.1) is 18.3 Å². The lowest BCUT2D eigenvalue weighted by Crippen LogP contribution is -2.46. The van der Waals surface area contributed by atoms with Crippen LogP contribution >= 0.6 is 0 Å². The summed E-state index contributed by atoms with van der Waals surface area (Å²) in [6.45, 7) is 1.05. The van der Waals surface area contributed by atoms with Crippen LogP contribution in [-0.2, 0) is 17.3 Å². The van der Waals surface area contributed by atoms with E-state index in [4.69, 9.17) is 10.5 Å². The average Bonchev–Trinajstić information content (AvgIpc) is 2.61. The van der Waals surface area contributed by atoms with Crippen LogP contribution < -0.4 is 5.73 Å². The molecule has 2 aromatic rings. The van der Waals surface area contributed by atoms with Crippen molar-refractivity contribution in [3.63, 3.8) is 0 Å². The number of alkyl halides is 3. The largest absolute Gasteiger partial charge is 0.416 e. The van der Waals surface area contributed by atoms with Crippen LogP contribution in [0.2, 0.25) is 0 Å². The van der Waals surface area contributed by atoms with E-state index in [-0.39, 0.29) is 17.8 Å². The molecule has 26 heavy (non-hydrogen) atoms. The molecule has 1 aromatic carbocycles. The summed E-state index contributed by atoms with van der Waals surface area (Å²) >= 11 is 0. The molecule has 0 unspecified atom stereocenters. The van der Waals surface area contributed by atoms with Gasteiger partial charge in [0.15, 0.2) is 0 Å². The molecule has 138 valence electrons. The van der Waals surface area contributed by atoms with Gasteiger partial charge in [0.2, 0.25) is 0 Å². The van der Waals surface area contributed by atoms with Gasteiger partial charge in [-0.15, -0.1) is 0 Å². The van der Waals surface area contributed by atoms with E-state index in [0.29, 0.717) is 37.2 Å². The van der Waals surface area contributed by atoms with Crippen LogP contribution in [0.25, 0.3) is 0 Å². The summed E-state index contributed by atoms with van der Waals surface area (Å²) in [5.74, 6) is 0.0565. The second-order valence-corrected chi connectivity index (χ2v) is 6.12. The normalized spacial score (nSPS) is 18.0. The number of nitrogens with two attached hydrogens (primary N) is 1. The summed E-state index contributed by atoms with van der Waals surface area (Å²) < 4.78 is 44.1. The molecule has 2 N–H and O–H groups in total. The summed E-state index contributed by atoms with van der Waals surface area (Å²) in [6, 6.07) is 8.24. The molecule has 0 aliphatic carbocycles. The minimum atomic E-state index is -4.38. The Labute approximate surface area is 148 Å². The number of nitrogens with zero attached hydrogens (tertiary/aromatic N) is 2. The van der Waals surface area contributed by atoms with E-state index in [2.05, 4.69) is 4.98 Å². The molecule has 8 heteroatoms. The number of halogens is 3. The highest BCUT2D eigenvalue weighted by Crippen LogP contribution is 2.30. The Hall–Kier alpha value is -2.61. The summed E-state index contributed by atoms with van der Waals surface area (Å²) in [5.41, 5.74) is 5.87. The number of ether oxygens (including phenoxy) is 1. The molecule has 1 saturated heterocycles. The monoisotopic (exact) mass is 365 g/mol. The fourth-order valence-corrected chi connectivity index (χ4v) is 2.93. The molecular formula is C18H18F3N3O2. The molecule has 1 aliphatic heterocycles. The molecule has 2 heterocycles. The number of anilines is 1. The van der Waals surface area contributed by atoms with Gasteiger partial charge in [-0.2, -0.15) is 13.2 Å². The molecule has 0 saturated carbocycles.